The average molecular weight is 270 g/mol. The largest absolute Gasteiger partial charge is 0.217 e. The fourth-order valence-corrected chi connectivity index (χ4v) is 2.45. The van der Waals surface area contributed by atoms with E-state index in [4.69, 9.17) is 23.2 Å². The van der Waals surface area contributed by atoms with E-state index < -0.39 is 0 Å². The molecule has 3 aromatic rings. The number of hydrogen-bond donors (Lipinski definition) is 0. The number of benzene rings is 1. The van der Waals surface area contributed by atoms with E-state index in [0.717, 1.165) is 16.2 Å². The number of imidazole rings is 1. The zero-order chi connectivity index (χ0) is 11.1. The van der Waals surface area contributed by atoms with E-state index in [1.165, 1.54) is 11.3 Å². The third kappa shape index (κ3) is 1.59. The van der Waals surface area contributed by atoms with Crippen LogP contribution in [0, 0.1) is 0 Å². The van der Waals surface area contributed by atoms with Crippen LogP contribution < -0.4 is 0 Å². The van der Waals surface area contributed by atoms with Crippen LogP contribution >= 0.6 is 34.5 Å². The summed E-state index contributed by atoms with van der Waals surface area (Å²) in [4.78, 5) is 5.26. The Hall–Kier alpha value is -1.10. The van der Waals surface area contributed by atoms with Crippen molar-refractivity contribution in [1.29, 1.82) is 0 Å². The minimum absolute atomic E-state index is 0.634. The summed E-state index contributed by atoms with van der Waals surface area (Å²) < 4.78 is 1.72. The molecule has 80 valence electrons. The first-order chi connectivity index (χ1) is 7.74. The Kier molecular flexibility index (Phi) is 2.35. The normalized spacial score (nSPS) is 11.1. The van der Waals surface area contributed by atoms with Gasteiger partial charge in [-0.3, -0.25) is 0 Å². The van der Waals surface area contributed by atoms with Crippen molar-refractivity contribution in [3.63, 3.8) is 0 Å². The molecule has 2 aromatic heterocycles. The summed E-state index contributed by atoms with van der Waals surface area (Å²) in [5, 5.41) is 5.39. The Morgan fingerprint density at radius 2 is 2.12 bits per heavy atom. The standard InChI is InChI=1S/C10H5Cl2N3S/c11-6-1-2-8(12)7(3-6)9-4-15-10(14-9)16-5-13-15/h1-5H. The molecule has 0 amide bonds. The lowest BCUT2D eigenvalue weighted by Crippen LogP contribution is -1.80. The molecule has 0 aliphatic heterocycles. The topological polar surface area (TPSA) is 30.2 Å². The number of halogens is 2. The predicted molar refractivity (Wildman–Crippen MR) is 66.3 cm³/mol. The summed E-state index contributed by atoms with van der Waals surface area (Å²) >= 11 is 13.5. The second-order valence-corrected chi connectivity index (χ2v) is 4.87. The van der Waals surface area contributed by atoms with Gasteiger partial charge < -0.3 is 0 Å². The molecule has 0 radical (unpaired) electrons. The maximum atomic E-state index is 6.10. The van der Waals surface area contributed by atoms with Crippen LogP contribution in [0.3, 0.4) is 0 Å². The third-order valence-electron chi connectivity index (χ3n) is 2.19. The van der Waals surface area contributed by atoms with Gasteiger partial charge >= 0.3 is 0 Å². The molecule has 3 nitrogen and oxygen atoms in total. The van der Waals surface area contributed by atoms with Gasteiger partial charge in [0.1, 0.15) is 5.51 Å². The highest BCUT2D eigenvalue weighted by atomic mass is 35.5. The molecule has 3 rings (SSSR count). The Morgan fingerprint density at radius 3 is 2.94 bits per heavy atom. The van der Waals surface area contributed by atoms with Gasteiger partial charge in [0, 0.05) is 10.6 Å². The summed E-state index contributed by atoms with van der Waals surface area (Å²) in [7, 11) is 0. The molecule has 1 aromatic carbocycles. The fraction of sp³-hybridized carbons (Fsp3) is 0. The van der Waals surface area contributed by atoms with Crippen LogP contribution in [0.2, 0.25) is 10.0 Å². The number of aromatic nitrogens is 3. The minimum Gasteiger partial charge on any atom is -0.217 e. The quantitative estimate of drug-likeness (QED) is 0.673. The maximum Gasteiger partial charge on any atom is 0.212 e. The molecular formula is C10H5Cl2N3S. The lowest BCUT2D eigenvalue weighted by atomic mass is 10.2. The van der Waals surface area contributed by atoms with Crippen molar-refractivity contribution in [2.75, 3.05) is 0 Å². The lowest BCUT2D eigenvalue weighted by Gasteiger charge is -2.00. The zero-order valence-electron chi connectivity index (χ0n) is 7.89. The lowest BCUT2D eigenvalue weighted by molar-refractivity contribution is 0.974. The smallest absolute Gasteiger partial charge is 0.212 e. The predicted octanol–water partition coefficient (Wildman–Crippen LogP) is 3.76. The molecule has 0 saturated heterocycles. The molecule has 0 aliphatic carbocycles. The molecule has 0 aliphatic rings. The molecule has 0 fully saturated rings. The van der Waals surface area contributed by atoms with Gasteiger partial charge in [-0.25, -0.2) is 9.50 Å². The molecule has 0 saturated carbocycles. The summed E-state index contributed by atoms with van der Waals surface area (Å²) in [6, 6.07) is 5.32. The maximum absolute atomic E-state index is 6.10. The summed E-state index contributed by atoms with van der Waals surface area (Å²) in [6.07, 6.45) is 1.84. The van der Waals surface area contributed by atoms with E-state index in [1.54, 1.807) is 28.2 Å². The highest BCUT2D eigenvalue weighted by molar-refractivity contribution is 7.14. The van der Waals surface area contributed by atoms with Crippen LogP contribution in [0.4, 0.5) is 0 Å². The van der Waals surface area contributed by atoms with Crippen molar-refractivity contribution in [3.8, 4) is 11.3 Å². The highest BCUT2D eigenvalue weighted by Gasteiger charge is 2.09. The Balaban J connectivity index is 2.22. The van der Waals surface area contributed by atoms with Gasteiger partial charge in [0.15, 0.2) is 0 Å². The van der Waals surface area contributed by atoms with Crippen molar-refractivity contribution < 1.29 is 0 Å². The van der Waals surface area contributed by atoms with Crippen molar-refractivity contribution in [2.24, 2.45) is 0 Å². The average Bonchev–Trinajstić information content (AvgIpc) is 2.81. The van der Waals surface area contributed by atoms with E-state index in [2.05, 4.69) is 10.1 Å². The number of rotatable bonds is 1. The van der Waals surface area contributed by atoms with Gasteiger partial charge in [0.25, 0.3) is 0 Å². The number of nitrogens with zero attached hydrogens (tertiary/aromatic N) is 3. The van der Waals surface area contributed by atoms with Crippen LogP contribution in [-0.2, 0) is 0 Å². The molecular weight excluding hydrogens is 265 g/mol. The van der Waals surface area contributed by atoms with Crippen molar-refractivity contribution in [1.82, 2.24) is 14.6 Å². The summed E-state index contributed by atoms with van der Waals surface area (Å²) in [5.74, 6) is 0. The van der Waals surface area contributed by atoms with E-state index >= 15 is 0 Å². The van der Waals surface area contributed by atoms with Gasteiger partial charge in [-0.2, -0.15) is 5.10 Å². The van der Waals surface area contributed by atoms with Crippen molar-refractivity contribution in [3.05, 3.63) is 40.0 Å². The van der Waals surface area contributed by atoms with E-state index in [1.807, 2.05) is 6.20 Å². The molecule has 2 heterocycles. The number of hydrogen-bond acceptors (Lipinski definition) is 3. The second kappa shape index (κ2) is 3.73. The summed E-state index contributed by atoms with van der Waals surface area (Å²) in [5.41, 5.74) is 3.35. The van der Waals surface area contributed by atoms with E-state index in [9.17, 15) is 0 Å². The third-order valence-corrected chi connectivity index (χ3v) is 3.44. The fourth-order valence-electron chi connectivity index (χ4n) is 1.46. The van der Waals surface area contributed by atoms with E-state index in [-0.39, 0.29) is 0 Å². The minimum atomic E-state index is 0.634. The molecule has 0 N–H and O–H groups in total. The Bertz CT molecular complexity index is 630. The number of fused-ring (bicyclic) bond motifs is 1. The second-order valence-electron chi connectivity index (χ2n) is 3.22. The van der Waals surface area contributed by atoms with Crippen LogP contribution in [-0.4, -0.2) is 14.6 Å². The van der Waals surface area contributed by atoms with Gasteiger partial charge in [-0.15, -0.1) is 0 Å². The molecule has 0 atom stereocenters. The van der Waals surface area contributed by atoms with Crippen LogP contribution in [0.1, 0.15) is 0 Å². The van der Waals surface area contributed by atoms with Gasteiger partial charge in [-0.05, 0) is 18.2 Å². The monoisotopic (exact) mass is 269 g/mol. The molecule has 0 spiro atoms. The highest BCUT2D eigenvalue weighted by Crippen LogP contribution is 2.30. The SMILES string of the molecule is Clc1ccc(Cl)c(-c2cn3ncsc3n2)c1. The van der Waals surface area contributed by atoms with Crippen LogP contribution in [0.5, 0.6) is 0 Å². The van der Waals surface area contributed by atoms with Crippen molar-refractivity contribution in [2.45, 2.75) is 0 Å². The molecule has 0 bridgehead atoms. The van der Waals surface area contributed by atoms with Crippen LogP contribution in [0.15, 0.2) is 29.9 Å². The summed E-state index contributed by atoms with van der Waals surface area (Å²) in [6.45, 7) is 0. The van der Waals surface area contributed by atoms with Gasteiger partial charge in [0.2, 0.25) is 4.96 Å². The van der Waals surface area contributed by atoms with Gasteiger partial charge in [-0.1, -0.05) is 34.5 Å². The first-order valence-corrected chi connectivity index (χ1v) is 6.12. The van der Waals surface area contributed by atoms with E-state index in [0.29, 0.717) is 10.0 Å². The first-order valence-electron chi connectivity index (χ1n) is 4.48. The van der Waals surface area contributed by atoms with Gasteiger partial charge in [0.05, 0.1) is 16.9 Å². The van der Waals surface area contributed by atoms with Crippen molar-refractivity contribution >= 4 is 39.5 Å². The Morgan fingerprint density at radius 1 is 1.25 bits per heavy atom. The Labute approximate surface area is 105 Å². The molecule has 16 heavy (non-hydrogen) atoms. The molecule has 6 heteroatoms. The van der Waals surface area contributed by atoms with Crippen LogP contribution in [0.25, 0.3) is 16.2 Å². The molecule has 0 unspecified atom stereocenters. The first kappa shape index (κ1) is 10.1. The zero-order valence-corrected chi connectivity index (χ0v) is 10.2.